The second-order valence-corrected chi connectivity index (χ2v) is 13.2. The zero-order chi connectivity index (χ0) is 45.0. The molecule has 0 aliphatic rings. The molecule has 0 saturated carbocycles. The van der Waals surface area contributed by atoms with Crippen molar-refractivity contribution in [3.8, 4) is 24.3 Å². The van der Waals surface area contributed by atoms with E-state index in [1.807, 2.05) is 115 Å². The molecule has 324 valence electrons. The quantitative estimate of drug-likeness (QED) is 0.0373. The molecule has 0 aliphatic carbocycles. The molecule has 2 aromatic heterocycles. The molecular formula is C47H41Cl2N16Na. The van der Waals surface area contributed by atoms with Crippen LogP contribution in [0.15, 0.2) is 182 Å². The van der Waals surface area contributed by atoms with Gasteiger partial charge in [0.2, 0.25) is 0 Å². The third-order valence-electron chi connectivity index (χ3n) is 8.87. The van der Waals surface area contributed by atoms with Crippen molar-refractivity contribution >= 4 is 24.0 Å². The van der Waals surface area contributed by atoms with Gasteiger partial charge in [-0.25, -0.2) is 0 Å². The number of aromatic amines is 1. The number of nitriles is 4. The Kier molecular flexibility index (Phi) is 26.6. The van der Waals surface area contributed by atoms with Crippen LogP contribution in [-0.2, 0) is 23.3 Å². The SMILES string of the molecule is Cl.ClC(c1ccccc1)(c1ccccc1)c1ccccc1.N.N#CCC#N.N#CCc1nn[nH]n1.N#CCc1nnn(C(c2ccccc2)(c2ccccc2)c2ccccc2)n1.[N-]=[N+]=[N-].[Na+]. The maximum Gasteiger partial charge on any atom is 1.00 e. The molecule has 4 N–H and O–H groups in total. The van der Waals surface area contributed by atoms with Crippen LogP contribution in [0.5, 0.6) is 0 Å². The first kappa shape index (κ1) is 56.3. The number of alkyl halides is 1. The van der Waals surface area contributed by atoms with E-state index in [2.05, 4.69) is 115 Å². The van der Waals surface area contributed by atoms with Crippen molar-refractivity contribution in [2.24, 2.45) is 0 Å². The van der Waals surface area contributed by atoms with Gasteiger partial charge in [0, 0.05) is 0 Å². The van der Waals surface area contributed by atoms with Crippen LogP contribution in [0.1, 0.15) is 51.5 Å². The van der Waals surface area contributed by atoms with Crippen LogP contribution in [0.3, 0.4) is 0 Å². The Morgan fingerprint density at radius 2 is 0.848 bits per heavy atom. The maximum absolute atomic E-state index is 9.02. The number of halogens is 2. The Morgan fingerprint density at radius 1 is 0.530 bits per heavy atom. The molecule has 0 aliphatic heterocycles. The minimum Gasteiger partial charge on any atom is -0.373 e. The molecule has 0 spiro atoms. The van der Waals surface area contributed by atoms with E-state index in [1.54, 1.807) is 16.9 Å². The molecular weight excluding hydrogens is 883 g/mol. The number of benzene rings is 6. The Bertz CT molecular complexity index is 2530. The van der Waals surface area contributed by atoms with Gasteiger partial charge in [0.15, 0.2) is 17.2 Å². The van der Waals surface area contributed by atoms with Crippen molar-refractivity contribution in [1.82, 2.24) is 47.0 Å². The third kappa shape index (κ3) is 15.2. The van der Waals surface area contributed by atoms with Gasteiger partial charge in [-0.2, -0.15) is 26.3 Å². The van der Waals surface area contributed by atoms with Crippen LogP contribution in [0.2, 0.25) is 0 Å². The molecule has 8 rings (SSSR count). The van der Waals surface area contributed by atoms with Gasteiger partial charge in [-0.05, 0) is 38.6 Å². The van der Waals surface area contributed by atoms with Crippen molar-refractivity contribution in [3.05, 3.63) is 243 Å². The van der Waals surface area contributed by atoms with Crippen molar-refractivity contribution < 1.29 is 29.6 Å². The van der Waals surface area contributed by atoms with Crippen LogP contribution in [-0.4, -0.2) is 40.8 Å². The number of rotatable bonds is 9. The number of aromatic nitrogens is 8. The maximum atomic E-state index is 9.02. The van der Waals surface area contributed by atoms with Gasteiger partial charge in [-0.15, -0.1) is 49.2 Å². The van der Waals surface area contributed by atoms with E-state index < -0.39 is 10.4 Å². The number of tetrazole rings is 2. The van der Waals surface area contributed by atoms with Crippen LogP contribution >= 0.6 is 24.0 Å². The average Bonchev–Trinajstić information content (AvgIpc) is 4.06. The molecule has 0 saturated heterocycles. The molecule has 0 bridgehead atoms. The second kappa shape index (κ2) is 31.2. The van der Waals surface area contributed by atoms with Gasteiger partial charge in [0.25, 0.3) is 0 Å². The van der Waals surface area contributed by atoms with Gasteiger partial charge in [-0.3, -0.25) is 4.91 Å². The summed E-state index contributed by atoms with van der Waals surface area (Å²) >= 11 is 7.12. The standard InChI is InChI=1S/C22H17N5.C19H15Cl.C3H3N5.C3H2N2.ClH.N3.H3N.Na/c23-17-16-21-24-26-27(25-21)22(18-10-4-1-5-11-18,19-12-6-2-7-13-19)20-14-8-3-9-15-20;20-19(16-10-4-1-5-11-16,17-12-6-2-7-13-17)18-14-8-3-9-15-18;4-2-1-3-5-7-8-6-3;4-2-1-3-5;;1-3-2;;/h1-15H,16H2;1-15H;1H2,(H,5,6,7,8);1H2;1H;;1H3;/q;;;;;-1;;+1. The summed E-state index contributed by atoms with van der Waals surface area (Å²) in [5.74, 6) is 0.845. The summed E-state index contributed by atoms with van der Waals surface area (Å²) in [6.45, 7) is 0. The predicted octanol–water partition coefficient (Wildman–Crippen LogP) is 6.94. The van der Waals surface area contributed by atoms with E-state index in [0.717, 1.165) is 33.4 Å². The topological polar surface area (TPSA) is 287 Å². The monoisotopic (exact) mass is 922 g/mol. The Labute approximate surface area is 415 Å². The smallest absolute Gasteiger partial charge is 0.373 e. The number of hydrogen-bond donors (Lipinski definition) is 2. The molecule has 8 aromatic rings. The first-order valence-electron chi connectivity index (χ1n) is 18.9. The van der Waals surface area contributed by atoms with Crippen LogP contribution in [0.25, 0.3) is 16.0 Å². The summed E-state index contributed by atoms with van der Waals surface area (Å²) in [6, 6.07) is 68.3. The summed E-state index contributed by atoms with van der Waals surface area (Å²) in [6.07, 6.45) is 0.338. The number of H-pyrrole nitrogens is 1. The summed E-state index contributed by atoms with van der Waals surface area (Å²) in [5.41, 5.74) is 19.0. The summed E-state index contributed by atoms with van der Waals surface area (Å²) in [4.78, 5) is 2.48. The molecule has 16 nitrogen and oxygen atoms in total. The largest absolute Gasteiger partial charge is 1.00 e. The van der Waals surface area contributed by atoms with E-state index in [1.165, 1.54) is 4.91 Å². The molecule has 0 atom stereocenters. The van der Waals surface area contributed by atoms with E-state index >= 15 is 0 Å². The number of nitrogens with one attached hydrogen (secondary N) is 1. The molecule has 0 radical (unpaired) electrons. The van der Waals surface area contributed by atoms with Gasteiger partial charge in [-0.1, -0.05) is 187 Å². The third-order valence-corrected chi connectivity index (χ3v) is 9.52. The van der Waals surface area contributed by atoms with E-state index in [0.29, 0.717) is 11.6 Å². The minimum atomic E-state index is -0.787. The molecule has 0 unspecified atom stereocenters. The minimum absolute atomic E-state index is 0. The van der Waals surface area contributed by atoms with Crippen molar-refractivity contribution in [2.45, 2.75) is 29.7 Å². The fraction of sp³-hybridized carbons (Fsp3) is 0.106. The van der Waals surface area contributed by atoms with Crippen molar-refractivity contribution in [2.75, 3.05) is 0 Å². The fourth-order valence-corrected chi connectivity index (χ4v) is 6.66. The number of hydrogen-bond acceptors (Lipinski definition) is 11. The van der Waals surface area contributed by atoms with E-state index in [9.17, 15) is 0 Å². The van der Waals surface area contributed by atoms with Crippen molar-refractivity contribution in [3.63, 3.8) is 0 Å². The zero-order valence-electron chi connectivity index (χ0n) is 35.7. The number of nitrogens with zero attached hydrogens (tertiary/aromatic N) is 14. The normalized spacial score (nSPS) is 9.41. The molecule has 0 fully saturated rings. The van der Waals surface area contributed by atoms with Gasteiger partial charge in [0.1, 0.15) is 11.3 Å². The van der Waals surface area contributed by atoms with E-state index in [-0.39, 0.29) is 67.4 Å². The average molecular weight is 924 g/mol. The molecule has 66 heavy (non-hydrogen) atoms. The first-order valence-corrected chi connectivity index (χ1v) is 19.3. The van der Waals surface area contributed by atoms with Crippen LogP contribution < -0.4 is 35.7 Å². The second-order valence-electron chi connectivity index (χ2n) is 12.6. The van der Waals surface area contributed by atoms with Crippen LogP contribution in [0.4, 0.5) is 0 Å². The molecule has 0 amide bonds. The zero-order valence-corrected chi connectivity index (χ0v) is 39.3. The Hall–Kier alpha value is -7.73. The predicted molar refractivity (Wildman–Crippen MR) is 248 cm³/mol. The Morgan fingerprint density at radius 3 is 1.12 bits per heavy atom. The van der Waals surface area contributed by atoms with Gasteiger partial charge in [0.05, 0.1) is 37.1 Å². The van der Waals surface area contributed by atoms with Gasteiger partial charge < -0.3 is 17.2 Å². The Balaban J connectivity index is 0.000000489. The summed E-state index contributed by atoms with van der Waals surface area (Å²) < 4.78 is 0. The summed E-state index contributed by atoms with van der Waals surface area (Å²) in [7, 11) is 0. The van der Waals surface area contributed by atoms with E-state index in [4.69, 9.17) is 43.7 Å². The van der Waals surface area contributed by atoms with Crippen molar-refractivity contribution in [1.29, 1.82) is 21.0 Å². The first-order chi connectivity index (χ1) is 30.9. The van der Waals surface area contributed by atoms with Crippen LogP contribution in [0, 0.1) is 45.3 Å². The molecule has 2 heterocycles. The fourth-order valence-electron chi connectivity index (χ4n) is 6.28. The summed E-state index contributed by atoms with van der Waals surface area (Å²) in [5, 5.41) is 57.9. The van der Waals surface area contributed by atoms with Gasteiger partial charge >= 0.3 is 29.6 Å². The molecule has 19 heteroatoms. The molecule has 6 aromatic carbocycles.